The Kier molecular flexibility index (Phi) is 41.5. The van der Waals surface area contributed by atoms with Crippen LogP contribution in [0.4, 0.5) is 0 Å². The van der Waals surface area contributed by atoms with E-state index in [4.69, 9.17) is 14.2 Å². The van der Waals surface area contributed by atoms with Crippen molar-refractivity contribution < 1.29 is 53.8 Å². The Bertz CT molecular complexity index is 3490. The molecule has 0 N–H and O–H groups in total. The van der Waals surface area contributed by atoms with E-state index in [1.807, 2.05) is 67.0 Å². The zero-order chi connectivity index (χ0) is 72.5. The summed E-state index contributed by atoms with van der Waals surface area (Å²) in [5.74, 6) is -2.60. The van der Waals surface area contributed by atoms with Gasteiger partial charge in [0.25, 0.3) is 0 Å². The van der Waals surface area contributed by atoms with Gasteiger partial charge in [0.1, 0.15) is 0 Å². The molecule has 0 bridgehead atoms. The first kappa shape index (κ1) is 84.1. The Morgan fingerprint density at radius 2 is 0.644 bits per heavy atom. The van der Waals surface area contributed by atoms with Crippen LogP contribution < -0.4 is 0 Å². The van der Waals surface area contributed by atoms with Gasteiger partial charge in [-0.15, -0.1) is 0 Å². The lowest BCUT2D eigenvalue weighted by Gasteiger charge is -2.22. The first-order chi connectivity index (χ1) is 49.1. The predicted molar refractivity (Wildman–Crippen MR) is 409 cm³/mol. The van der Waals surface area contributed by atoms with Gasteiger partial charge in [0.15, 0.2) is 14.7 Å². The molecule has 14 nitrogen and oxygen atoms in total. The third kappa shape index (κ3) is 32.9. The van der Waals surface area contributed by atoms with E-state index in [9.17, 15) is 39.6 Å². The molecule has 5 aromatic carbocycles. The lowest BCUT2D eigenvalue weighted by molar-refractivity contribution is -0.139. The van der Waals surface area contributed by atoms with Gasteiger partial charge in [-0.05, 0) is 148 Å². The molecule has 5 aromatic rings. The van der Waals surface area contributed by atoms with Gasteiger partial charge in [-0.25, -0.2) is 39.6 Å². The number of benzene rings is 5. The molecule has 0 saturated carbocycles. The van der Waals surface area contributed by atoms with Crippen LogP contribution in [-0.4, -0.2) is 92.4 Å². The Hall–Kier alpha value is -7.60. The maximum Gasteiger partial charge on any atom is 0.350 e. The first-order valence-electron chi connectivity index (χ1n) is 37.2. The van der Waals surface area contributed by atoms with Crippen molar-refractivity contribution in [3.63, 3.8) is 0 Å². The summed E-state index contributed by atoms with van der Waals surface area (Å²) in [6, 6.07) is 44.0. The summed E-state index contributed by atoms with van der Waals surface area (Å²) in [4.78, 5) is 44.1. The molecule has 1 unspecified atom stereocenters. The highest BCUT2D eigenvalue weighted by atomic mass is 32.2. The number of nitrogens with zero attached hydrogens (tertiary/aromatic N) is 2. The summed E-state index contributed by atoms with van der Waals surface area (Å²) in [6.07, 6.45) is 40.9. The second-order valence-electron chi connectivity index (χ2n) is 25.9. The topological polar surface area (TPSA) is 188 Å². The number of carbonyl (C=O) groups excluding carboxylic acids is 3. The Morgan fingerprint density at radius 1 is 0.347 bits per heavy atom. The standard InChI is InChI=1S/C84H114N2O12S3/c1-4-7-10-13-20-42-68-96-82(87)79(99(90,91)76-54-33-25-34-55-76)60-45-53-74(71-73-49-29-23-30-50-73)48-28-16-17-39-63-85(66-46-61-80(100(92,93)77-56-35-26-36-57-77)83(88)97-69-43-21-14-11-8-5-2)64-40-18-19-41-65-86(72-75-51-31-24-32-52-75)67-47-62-81(101(94,95)78-58-37-27-38-59-78)84(89)98-70-44-22-15-12-9-6-3/h23-27,29-38,45-47,49-62,66-67,74H,4-22,28,39-44,48,63-65,68-72H2,1-3H3/b53-45+,66-46+,67-47+,79-60-,80-61-,81-62-. The maximum absolute atomic E-state index is 14.2. The van der Waals surface area contributed by atoms with Crippen molar-refractivity contribution in [2.45, 2.75) is 222 Å². The number of unbranched alkanes of at least 4 members (excludes halogenated alkanes) is 21. The van der Waals surface area contributed by atoms with Crippen molar-refractivity contribution >= 4 is 47.4 Å². The summed E-state index contributed by atoms with van der Waals surface area (Å²) in [5, 5.41) is 0. The molecule has 0 aliphatic rings. The average molecular weight is 1440 g/mol. The molecule has 0 radical (unpaired) electrons. The van der Waals surface area contributed by atoms with E-state index in [-0.39, 0.29) is 40.4 Å². The van der Waals surface area contributed by atoms with Gasteiger partial charge in [-0.1, -0.05) is 277 Å². The number of allylic oxidation sites excluding steroid dienone is 7. The number of carbonyl (C=O) groups is 3. The maximum atomic E-state index is 14.2. The summed E-state index contributed by atoms with van der Waals surface area (Å²) >= 11 is 0. The lowest BCUT2D eigenvalue weighted by atomic mass is 9.93. The summed E-state index contributed by atoms with van der Waals surface area (Å²) in [5.41, 5.74) is 2.21. The van der Waals surface area contributed by atoms with Gasteiger partial charge < -0.3 is 24.0 Å². The van der Waals surface area contributed by atoms with Crippen LogP contribution in [0.3, 0.4) is 0 Å². The monoisotopic (exact) mass is 1440 g/mol. The van der Waals surface area contributed by atoms with E-state index in [1.165, 1.54) is 54.6 Å². The molecule has 5 rings (SSSR count). The third-order valence-electron chi connectivity index (χ3n) is 17.5. The summed E-state index contributed by atoms with van der Waals surface area (Å²) < 4.78 is 101. The van der Waals surface area contributed by atoms with Crippen LogP contribution in [0.2, 0.25) is 0 Å². The van der Waals surface area contributed by atoms with Crippen LogP contribution in [0.5, 0.6) is 0 Å². The molecule has 0 amide bonds. The van der Waals surface area contributed by atoms with Gasteiger partial charge >= 0.3 is 17.9 Å². The number of hydrogen-bond acceptors (Lipinski definition) is 14. The van der Waals surface area contributed by atoms with Gasteiger partial charge in [0.05, 0.1) is 34.5 Å². The van der Waals surface area contributed by atoms with Gasteiger partial charge in [0, 0.05) is 26.2 Å². The van der Waals surface area contributed by atoms with Crippen molar-refractivity contribution in [1.29, 1.82) is 0 Å². The number of hydrogen-bond donors (Lipinski definition) is 0. The fraction of sp³-hybridized carbons (Fsp3) is 0.464. The molecule has 550 valence electrons. The fourth-order valence-corrected chi connectivity index (χ4v) is 15.6. The molecule has 0 aromatic heterocycles. The molecule has 0 aliphatic heterocycles. The SMILES string of the molecule is CCCCCCCCOC(=O)/C(=C/C=C/C(CCCCCCN(/C=C/C=C(/C(=O)OCCCCCCCC)S(=O)(=O)c1ccccc1)CCCCCCN(/C=C/C=C(/C(=O)OCCCCCCCC)S(=O)(=O)c1ccccc1)Cc1ccccc1)Cc1ccccc1)S(=O)(=O)c1ccccc1. The molecular weight excluding hydrogens is 1330 g/mol. The Balaban J connectivity index is 1.32. The van der Waals surface area contributed by atoms with Crippen molar-refractivity contribution in [2.75, 3.05) is 39.5 Å². The quantitative estimate of drug-likeness (QED) is 0.0118. The number of ether oxygens (including phenoxy) is 3. The number of rotatable bonds is 54. The van der Waals surface area contributed by atoms with Crippen LogP contribution in [-0.2, 0) is 71.1 Å². The highest BCUT2D eigenvalue weighted by Gasteiger charge is 2.30. The predicted octanol–water partition coefficient (Wildman–Crippen LogP) is 19.5. The van der Waals surface area contributed by atoms with Crippen LogP contribution in [0.1, 0.15) is 205 Å². The molecule has 0 fully saturated rings. The smallest absolute Gasteiger partial charge is 0.350 e. The van der Waals surface area contributed by atoms with E-state index in [0.29, 0.717) is 51.9 Å². The Morgan fingerprint density at radius 3 is 1.02 bits per heavy atom. The average Bonchev–Trinajstić information content (AvgIpc) is 0.825. The normalized spacial score (nSPS) is 12.9. The van der Waals surface area contributed by atoms with E-state index < -0.39 is 62.1 Å². The molecular formula is C84H114N2O12S3. The lowest BCUT2D eigenvalue weighted by Crippen LogP contribution is -2.21. The molecule has 0 aliphatic carbocycles. The molecule has 17 heteroatoms. The summed E-state index contributed by atoms with van der Waals surface area (Å²) in [7, 11) is -12.6. The fourth-order valence-electron chi connectivity index (χ4n) is 11.7. The number of esters is 3. The molecule has 0 spiro atoms. The van der Waals surface area contributed by atoms with Gasteiger partial charge in [-0.3, -0.25) is 0 Å². The number of sulfone groups is 3. The zero-order valence-electron chi connectivity index (χ0n) is 60.5. The summed E-state index contributed by atoms with van der Waals surface area (Å²) in [6.45, 7) is 9.37. The van der Waals surface area contributed by atoms with Crippen molar-refractivity contribution in [3.05, 3.63) is 232 Å². The van der Waals surface area contributed by atoms with Gasteiger partial charge in [-0.2, -0.15) is 0 Å². The first-order valence-corrected chi connectivity index (χ1v) is 41.7. The molecule has 0 saturated heterocycles. The van der Waals surface area contributed by atoms with E-state index in [0.717, 1.165) is 165 Å². The second kappa shape index (κ2) is 49.9. The van der Waals surface area contributed by atoms with Crippen LogP contribution in [0.25, 0.3) is 0 Å². The van der Waals surface area contributed by atoms with Crippen LogP contribution in [0.15, 0.2) is 236 Å². The van der Waals surface area contributed by atoms with Crippen molar-refractivity contribution in [2.24, 2.45) is 5.92 Å². The van der Waals surface area contributed by atoms with Crippen LogP contribution >= 0.6 is 0 Å². The highest BCUT2D eigenvalue weighted by molar-refractivity contribution is 7.97. The zero-order valence-corrected chi connectivity index (χ0v) is 62.9. The Labute approximate surface area is 606 Å². The van der Waals surface area contributed by atoms with E-state index in [1.54, 1.807) is 72.8 Å². The van der Waals surface area contributed by atoms with Crippen molar-refractivity contribution in [3.8, 4) is 0 Å². The van der Waals surface area contributed by atoms with E-state index >= 15 is 0 Å². The van der Waals surface area contributed by atoms with E-state index in [2.05, 4.69) is 42.7 Å². The van der Waals surface area contributed by atoms with Crippen LogP contribution in [0, 0.1) is 5.92 Å². The minimum absolute atomic E-state index is 0.000598. The largest absolute Gasteiger partial charge is 0.462 e. The molecule has 101 heavy (non-hydrogen) atoms. The minimum atomic E-state index is -4.24. The minimum Gasteiger partial charge on any atom is -0.462 e. The molecule has 1 atom stereocenters. The van der Waals surface area contributed by atoms with Crippen molar-refractivity contribution in [1.82, 2.24) is 9.80 Å². The third-order valence-corrected chi connectivity index (χ3v) is 22.8. The van der Waals surface area contributed by atoms with Gasteiger partial charge in [0.2, 0.25) is 29.5 Å². The highest BCUT2D eigenvalue weighted by Crippen LogP contribution is 2.26. The second-order valence-corrected chi connectivity index (χ2v) is 31.6. The molecule has 0 heterocycles.